The molecule has 7 heteroatoms. The molecule has 1 aliphatic heterocycles. The molecular formula is C15H21ClFN3O2. The first-order valence-corrected chi connectivity index (χ1v) is 7.14. The molecule has 0 spiro atoms. The fourth-order valence-corrected chi connectivity index (χ4v) is 2.49. The molecule has 2 amide bonds. The standard InChI is InChI=1S/C15H20FN3O2.ClH/c16-13-5-3-11(4-6-13)15(21)19-9-1-2-12(10-19)14(20)18-8-7-17;/h3-6,12H,1-2,7-10,17H2,(H,18,20);1H. The van der Waals surface area contributed by atoms with Gasteiger partial charge in [-0.25, -0.2) is 4.39 Å². The van der Waals surface area contributed by atoms with Crippen LogP contribution in [0.5, 0.6) is 0 Å². The van der Waals surface area contributed by atoms with E-state index in [2.05, 4.69) is 5.32 Å². The van der Waals surface area contributed by atoms with E-state index >= 15 is 0 Å². The Balaban J connectivity index is 0.00000242. The molecule has 1 fully saturated rings. The van der Waals surface area contributed by atoms with E-state index in [1.54, 1.807) is 4.90 Å². The summed E-state index contributed by atoms with van der Waals surface area (Å²) in [4.78, 5) is 26.0. The molecule has 1 heterocycles. The fraction of sp³-hybridized carbons (Fsp3) is 0.467. The molecule has 1 aromatic rings. The molecule has 1 saturated heterocycles. The molecule has 0 radical (unpaired) electrons. The largest absolute Gasteiger partial charge is 0.355 e. The van der Waals surface area contributed by atoms with Crippen LogP contribution in [0.2, 0.25) is 0 Å². The second kappa shape index (κ2) is 8.70. The number of hydrogen-bond donors (Lipinski definition) is 2. The summed E-state index contributed by atoms with van der Waals surface area (Å²) in [5, 5.41) is 2.76. The summed E-state index contributed by atoms with van der Waals surface area (Å²) in [6.45, 7) is 1.86. The van der Waals surface area contributed by atoms with Gasteiger partial charge in [0.15, 0.2) is 0 Å². The highest BCUT2D eigenvalue weighted by atomic mass is 35.5. The zero-order valence-corrected chi connectivity index (χ0v) is 13.1. The van der Waals surface area contributed by atoms with Gasteiger partial charge in [-0.05, 0) is 37.1 Å². The number of amides is 2. The molecule has 3 N–H and O–H groups in total. The predicted octanol–water partition coefficient (Wildman–Crippen LogP) is 1.17. The molecular weight excluding hydrogens is 309 g/mol. The van der Waals surface area contributed by atoms with Gasteiger partial charge in [0.1, 0.15) is 5.82 Å². The lowest BCUT2D eigenvalue weighted by molar-refractivity contribution is -0.126. The van der Waals surface area contributed by atoms with E-state index in [0.29, 0.717) is 31.7 Å². The lowest BCUT2D eigenvalue weighted by Gasteiger charge is -2.32. The Hall–Kier alpha value is -1.66. The van der Waals surface area contributed by atoms with E-state index in [0.717, 1.165) is 12.8 Å². The van der Waals surface area contributed by atoms with Crippen molar-refractivity contribution >= 4 is 24.2 Å². The van der Waals surface area contributed by atoms with Gasteiger partial charge < -0.3 is 16.0 Å². The van der Waals surface area contributed by atoms with Crippen LogP contribution >= 0.6 is 12.4 Å². The third-order valence-electron chi connectivity index (χ3n) is 3.61. The number of hydrogen-bond acceptors (Lipinski definition) is 3. The predicted molar refractivity (Wildman–Crippen MR) is 84.3 cm³/mol. The average molecular weight is 330 g/mol. The molecule has 22 heavy (non-hydrogen) atoms. The van der Waals surface area contributed by atoms with Gasteiger partial charge in [-0.1, -0.05) is 0 Å². The van der Waals surface area contributed by atoms with Crippen LogP contribution in [0.1, 0.15) is 23.2 Å². The molecule has 0 saturated carbocycles. The monoisotopic (exact) mass is 329 g/mol. The normalized spacial score (nSPS) is 17.5. The molecule has 1 unspecified atom stereocenters. The van der Waals surface area contributed by atoms with Crippen LogP contribution in [0.15, 0.2) is 24.3 Å². The molecule has 1 atom stereocenters. The van der Waals surface area contributed by atoms with Crippen LogP contribution in [0, 0.1) is 11.7 Å². The first-order valence-electron chi connectivity index (χ1n) is 7.14. The third kappa shape index (κ3) is 4.68. The van der Waals surface area contributed by atoms with E-state index in [1.165, 1.54) is 24.3 Å². The van der Waals surface area contributed by atoms with Gasteiger partial charge in [0.05, 0.1) is 5.92 Å². The minimum Gasteiger partial charge on any atom is -0.355 e. The Kier molecular flexibility index (Phi) is 7.27. The molecule has 0 aliphatic carbocycles. The van der Waals surface area contributed by atoms with Crippen molar-refractivity contribution in [3.63, 3.8) is 0 Å². The Morgan fingerprint density at radius 1 is 1.32 bits per heavy atom. The summed E-state index contributed by atoms with van der Waals surface area (Å²) < 4.78 is 12.9. The van der Waals surface area contributed by atoms with Crippen molar-refractivity contribution < 1.29 is 14.0 Å². The quantitative estimate of drug-likeness (QED) is 0.871. The number of rotatable bonds is 4. The number of benzene rings is 1. The molecule has 0 bridgehead atoms. The SMILES string of the molecule is Cl.NCCNC(=O)C1CCCN(C(=O)c2ccc(F)cc2)C1. The number of halogens is 2. The summed E-state index contributed by atoms with van der Waals surface area (Å²) in [7, 11) is 0. The summed E-state index contributed by atoms with van der Waals surface area (Å²) in [5.74, 6) is -0.790. The summed E-state index contributed by atoms with van der Waals surface area (Å²) in [6, 6.07) is 5.47. The van der Waals surface area contributed by atoms with E-state index in [9.17, 15) is 14.0 Å². The van der Waals surface area contributed by atoms with Crippen molar-refractivity contribution in [2.75, 3.05) is 26.2 Å². The summed E-state index contributed by atoms with van der Waals surface area (Å²) in [6.07, 6.45) is 1.55. The van der Waals surface area contributed by atoms with Crippen LogP contribution in [0.4, 0.5) is 4.39 Å². The van der Waals surface area contributed by atoms with Gasteiger partial charge in [0, 0.05) is 31.7 Å². The summed E-state index contributed by atoms with van der Waals surface area (Å²) >= 11 is 0. The minimum absolute atomic E-state index is 0. The maximum Gasteiger partial charge on any atom is 0.253 e. The van der Waals surface area contributed by atoms with Gasteiger partial charge in [0.2, 0.25) is 5.91 Å². The number of carbonyl (C=O) groups is 2. The van der Waals surface area contributed by atoms with Gasteiger partial charge in [-0.2, -0.15) is 0 Å². The van der Waals surface area contributed by atoms with Gasteiger partial charge >= 0.3 is 0 Å². The zero-order valence-electron chi connectivity index (χ0n) is 12.3. The molecule has 122 valence electrons. The van der Waals surface area contributed by atoms with Crippen LogP contribution < -0.4 is 11.1 Å². The number of nitrogens with zero attached hydrogens (tertiary/aromatic N) is 1. The number of nitrogens with one attached hydrogen (secondary N) is 1. The molecule has 0 aromatic heterocycles. The van der Waals surface area contributed by atoms with Crippen molar-refractivity contribution in [2.45, 2.75) is 12.8 Å². The maximum atomic E-state index is 12.9. The van der Waals surface area contributed by atoms with Gasteiger partial charge in [-0.15, -0.1) is 12.4 Å². The highest BCUT2D eigenvalue weighted by Crippen LogP contribution is 2.19. The smallest absolute Gasteiger partial charge is 0.253 e. The van der Waals surface area contributed by atoms with Crippen molar-refractivity contribution in [3.8, 4) is 0 Å². The van der Waals surface area contributed by atoms with Gasteiger partial charge in [-0.3, -0.25) is 9.59 Å². The van der Waals surface area contributed by atoms with Gasteiger partial charge in [0.25, 0.3) is 5.91 Å². The maximum absolute atomic E-state index is 12.9. The van der Waals surface area contributed by atoms with E-state index < -0.39 is 0 Å². The first kappa shape index (κ1) is 18.4. The summed E-state index contributed by atoms with van der Waals surface area (Å²) in [5.41, 5.74) is 5.80. The minimum atomic E-state index is -0.371. The highest BCUT2D eigenvalue weighted by Gasteiger charge is 2.28. The first-order chi connectivity index (χ1) is 10.1. The van der Waals surface area contributed by atoms with E-state index in [-0.39, 0.29) is 36.0 Å². The number of likely N-dealkylation sites (tertiary alicyclic amines) is 1. The lowest BCUT2D eigenvalue weighted by atomic mass is 9.96. The fourth-order valence-electron chi connectivity index (χ4n) is 2.49. The van der Waals surface area contributed by atoms with Crippen LogP contribution in [0.3, 0.4) is 0 Å². The number of nitrogens with two attached hydrogens (primary N) is 1. The van der Waals surface area contributed by atoms with Crippen LogP contribution in [-0.2, 0) is 4.79 Å². The Morgan fingerprint density at radius 2 is 2.00 bits per heavy atom. The van der Waals surface area contributed by atoms with E-state index in [4.69, 9.17) is 5.73 Å². The van der Waals surface area contributed by atoms with E-state index in [1.807, 2.05) is 0 Å². The Bertz CT molecular complexity index is 510. The molecule has 2 rings (SSSR count). The van der Waals surface area contributed by atoms with Crippen LogP contribution in [-0.4, -0.2) is 42.9 Å². The van der Waals surface area contributed by atoms with Crippen LogP contribution in [0.25, 0.3) is 0 Å². The Labute approximate surface area is 135 Å². The second-order valence-electron chi connectivity index (χ2n) is 5.18. The molecule has 5 nitrogen and oxygen atoms in total. The molecule has 1 aliphatic rings. The van der Waals surface area contributed by atoms with Crippen molar-refractivity contribution in [2.24, 2.45) is 11.7 Å². The zero-order chi connectivity index (χ0) is 15.2. The third-order valence-corrected chi connectivity index (χ3v) is 3.61. The Morgan fingerprint density at radius 3 is 2.64 bits per heavy atom. The number of carbonyl (C=O) groups excluding carboxylic acids is 2. The second-order valence-corrected chi connectivity index (χ2v) is 5.18. The average Bonchev–Trinajstić information content (AvgIpc) is 2.52. The number of piperidine rings is 1. The molecule has 1 aromatic carbocycles. The van der Waals surface area contributed by atoms with Crippen molar-refractivity contribution in [1.82, 2.24) is 10.2 Å². The lowest BCUT2D eigenvalue weighted by Crippen LogP contribution is -2.46. The van der Waals surface area contributed by atoms with Crippen molar-refractivity contribution in [1.29, 1.82) is 0 Å². The topological polar surface area (TPSA) is 75.4 Å². The highest BCUT2D eigenvalue weighted by molar-refractivity contribution is 5.94. The van der Waals surface area contributed by atoms with Crippen molar-refractivity contribution in [3.05, 3.63) is 35.6 Å².